The molecule has 142 valence electrons. The van der Waals surface area contributed by atoms with Gasteiger partial charge in [0.1, 0.15) is 0 Å². The van der Waals surface area contributed by atoms with Crippen LogP contribution in [0.25, 0.3) is 0 Å². The van der Waals surface area contributed by atoms with Crippen molar-refractivity contribution in [2.45, 2.75) is 10.9 Å². The molecule has 3 aromatic rings. The third-order valence-electron chi connectivity index (χ3n) is 4.86. The van der Waals surface area contributed by atoms with Gasteiger partial charge >= 0.3 is 171 Å². The molecule has 0 N–H and O–H groups in total. The predicted molar refractivity (Wildman–Crippen MR) is 112 cm³/mol. The number of hydrogen-bond donors (Lipinski definition) is 0. The summed E-state index contributed by atoms with van der Waals surface area (Å²) >= 11 is 0.0614. The summed E-state index contributed by atoms with van der Waals surface area (Å²) < 4.78 is 11.8. The van der Waals surface area contributed by atoms with E-state index in [0.29, 0.717) is 0 Å². The zero-order valence-electron chi connectivity index (χ0n) is 15.7. The fourth-order valence-electron chi connectivity index (χ4n) is 3.38. The molecule has 0 radical (unpaired) electrons. The molecule has 1 amide bonds. The monoisotopic (exact) mass is 439 g/mol. The van der Waals surface area contributed by atoms with Crippen molar-refractivity contribution >= 4 is 31.0 Å². The molecular weight excluding hydrogens is 417 g/mol. The summed E-state index contributed by atoms with van der Waals surface area (Å²) in [6, 6.07) is 26.0. The fourth-order valence-corrected chi connectivity index (χ4v) is 5.96. The second-order valence-corrected chi connectivity index (χ2v) is 9.02. The predicted octanol–water partition coefficient (Wildman–Crippen LogP) is 3.61. The number of benzene rings is 3. The summed E-state index contributed by atoms with van der Waals surface area (Å²) in [6.07, 6.45) is 0. The maximum atomic E-state index is 13.1. The number of amides is 1. The average molecular weight is 438 g/mol. The minimum atomic E-state index is -0.0228. The van der Waals surface area contributed by atoms with Gasteiger partial charge in [0, 0.05) is 0 Å². The number of anilines is 1. The number of rotatable bonds is 6. The van der Waals surface area contributed by atoms with Gasteiger partial charge in [0.2, 0.25) is 0 Å². The molecule has 1 aliphatic rings. The molecule has 2 atom stereocenters. The van der Waals surface area contributed by atoms with Crippen molar-refractivity contribution in [3.8, 4) is 11.5 Å². The number of methoxy groups -OCH3 is 2. The number of carbonyl (C=O) groups is 1. The Hall–Kier alpha value is -2.75. The van der Waals surface area contributed by atoms with E-state index in [1.165, 1.54) is 4.46 Å². The van der Waals surface area contributed by atoms with Gasteiger partial charge in [-0.05, 0) is 0 Å². The van der Waals surface area contributed by atoms with Crippen LogP contribution in [0.2, 0.25) is 4.82 Å². The number of β-lactam (4-membered cyclic amide) rings is 1. The van der Waals surface area contributed by atoms with Crippen molar-refractivity contribution in [2.24, 2.45) is 0 Å². The quantitative estimate of drug-likeness (QED) is 0.436. The first-order valence-electron chi connectivity index (χ1n) is 9.04. The van der Waals surface area contributed by atoms with Crippen LogP contribution in [0.1, 0.15) is 11.6 Å². The van der Waals surface area contributed by atoms with E-state index in [0.717, 1.165) is 22.7 Å². The zero-order chi connectivity index (χ0) is 19.5. The Balaban J connectivity index is 1.67. The van der Waals surface area contributed by atoms with Crippen LogP contribution in [0.3, 0.4) is 0 Å². The molecule has 1 saturated heterocycles. The molecule has 1 aliphatic heterocycles. The van der Waals surface area contributed by atoms with E-state index in [1.807, 2.05) is 59.5 Å². The van der Waals surface area contributed by atoms with Crippen LogP contribution >= 0.6 is 0 Å². The number of nitrogens with zero attached hydrogens (tertiary/aromatic N) is 1. The molecule has 3 aromatic carbocycles. The third kappa shape index (κ3) is 3.51. The molecule has 1 fully saturated rings. The van der Waals surface area contributed by atoms with Crippen LogP contribution in [0.15, 0.2) is 78.9 Å². The van der Waals surface area contributed by atoms with E-state index in [-0.39, 0.29) is 31.7 Å². The first-order chi connectivity index (χ1) is 13.7. The Morgan fingerprint density at radius 2 is 1.36 bits per heavy atom. The molecule has 1 heterocycles. The molecule has 0 unspecified atom stereocenters. The van der Waals surface area contributed by atoms with Gasteiger partial charge in [-0.3, -0.25) is 0 Å². The van der Waals surface area contributed by atoms with Crippen LogP contribution < -0.4 is 18.8 Å². The van der Waals surface area contributed by atoms with Crippen molar-refractivity contribution in [3.05, 3.63) is 84.4 Å². The van der Waals surface area contributed by atoms with E-state index in [1.54, 1.807) is 14.2 Å². The van der Waals surface area contributed by atoms with Crippen LogP contribution in [-0.2, 0) is 4.79 Å². The number of ether oxygens (including phenoxy) is 2. The van der Waals surface area contributed by atoms with Gasteiger partial charge in [0.15, 0.2) is 0 Å². The summed E-state index contributed by atoms with van der Waals surface area (Å²) in [5.41, 5.74) is 2.02. The van der Waals surface area contributed by atoms with Gasteiger partial charge in [0.05, 0.1) is 0 Å². The Morgan fingerprint density at radius 3 is 1.93 bits per heavy atom. The summed E-state index contributed by atoms with van der Waals surface area (Å²) in [6.45, 7) is 0. The standard InChI is InChI=1S/C23H21NO3Se/c1-26-18-12-8-16(9-13-18)21-22(28-20-6-4-3-5-7-20)23(25)24(21)17-10-14-19(27-2)15-11-17/h3-15,21-22H,1-2H3/t21-,22-/m1/s1. The van der Waals surface area contributed by atoms with Crippen molar-refractivity contribution in [1.82, 2.24) is 0 Å². The van der Waals surface area contributed by atoms with Gasteiger partial charge in [-0.15, -0.1) is 0 Å². The fraction of sp³-hybridized carbons (Fsp3) is 0.174. The molecule has 4 rings (SSSR count). The van der Waals surface area contributed by atoms with Gasteiger partial charge < -0.3 is 0 Å². The molecule has 5 heteroatoms. The van der Waals surface area contributed by atoms with Crippen LogP contribution in [0, 0.1) is 0 Å². The van der Waals surface area contributed by atoms with Gasteiger partial charge in [-0.2, -0.15) is 0 Å². The normalized spacial score (nSPS) is 18.5. The van der Waals surface area contributed by atoms with Crippen LogP contribution in [0.5, 0.6) is 11.5 Å². The van der Waals surface area contributed by atoms with Gasteiger partial charge in [-0.1, -0.05) is 0 Å². The SMILES string of the molecule is COc1ccc([C@@H]2[C@@H]([Se]c3ccccc3)C(=O)N2c2ccc(OC)cc2)cc1. The molecule has 0 saturated carbocycles. The van der Waals surface area contributed by atoms with Gasteiger partial charge in [0.25, 0.3) is 0 Å². The summed E-state index contributed by atoms with van der Waals surface area (Å²) in [5.74, 6) is 1.77. The Labute approximate surface area is 171 Å². The summed E-state index contributed by atoms with van der Waals surface area (Å²) in [5, 5.41) is 0. The Kier molecular flexibility index (Phi) is 5.38. The molecule has 0 spiro atoms. The van der Waals surface area contributed by atoms with Crippen LogP contribution in [-0.4, -0.2) is 35.1 Å². The minimum absolute atomic E-state index is 0.0204. The average Bonchev–Trinajstić information content (AvgIpc) is 2.76. The van der Waals surface area contributed by atoms with Gasteiger partial charge in [-0.25, -0.2) is 0 Å². The van der Waals surface area contributed by atoms with Crippen molar-refractivity contribution in [2.75, 3.05) is 19.1 Å². The summed E-state index contributed by atoms with van der Waals surface area (Å²) in [4.78, 5) is 15.0. The maximum absolute atomic E-state index is 13.1. The Morgan fingerprint density at radius 1 is 0.786 bits per heavy atom. The summed E-state index contributed by atoms with van der Waals surface area (Å²) in [7, 11) is 3.30. The molecule has 0 bridgehead atoms. The zero-order valence-corrected chi connectivity index (χ0v) is 17.5. The van der Waals surface area contributed by atoms with E-state index in [4.69, 9.17) is 9.47 Å². The van der Waals surface area contributed by atoms with Crippen LogP contribution in [0.4, 0.5) is 5.69 Å². The molecule has 0 aliphatic carbocycles. The third-order valence-corrected chi connectivity index (χ3v) is 7.50. The second kappa shape index (κ2) is 8.09. The Bertz CT molecular complexity index is 942. The first kappa shape index (κ1) is 18.6. The second-order valence-electron chi connectivity index (χ2n) is 6.48. The number of hydrogen-bond acceptors (Lipinski definition) is 3. The van der Waals surface area contributed by atoms with E-state index in [9.17, 15) is 4.79 Å². The van der Waals surface area contributed by atoms with E-state index >= 15 is 0 Å². The topological polar surface area (TPSA) is 38.8 Å². The number of carbonyl (C=O) groups excluding carboxylic acids is 1. The molecule has 28 heavy (non-hydrogen) atoms. The molecule has 4 nitrogen and oxygen atoms in total. The first-order valence-corrected chi connectivity index (χ1v) is 10.9. The molecular formula is C23H21NO3Se. The molecule has 0 aromatic heterocycles. The van der Waals surface area contributed by atoms with Crippen molar-refractivity contribution < 1.29 is 14.3 Å². The van der Waals surface area contributed by atoms with Crippen molar-refractivity contribution in [1.29, 1.82) is 0 Å². The van der Waals surface area contributed by atoms with E-state index < -0.39 is 0 Å². The van der Waals surface area contributed by atoms with E-state index in [2.05, 4.69) is 24.3 Å². The van der Waals surface area contributed by atoms with Crippen molar-refractivity contribution in [3.63, 3.8) is 0 Å².